The fraction of sp³-hybridized carbons (Fsp3) is 1.00. The molecule has 4 unspecified atom stereocenters. The minimum absolute atomic E-state index is 0.137. The van der Waals surface area contributed by atoms with Crippen LogP contribution in [0.5, 0.6) is 0 Å². The molecule has 0 radical (unpaired) electrons. The molecule has 1 heterocycles. The van der Waals surface area contributed by atoms with Gasteiger partial charge in [-0.15, -0.1) is 0 Å². The third-order valence-corrected chi connectivity index (χ3v) is 4.62. The molecule has 0 aromatic rings. The van der Waals surface area contributed by atoms with E-state index in [1.807, 2.05) is 0 Å². The van der Waals surface area contributed by atoms with E-state index in [0.717, 1.165) is 0 Å². The highest BCUT2D eigenvalue weighted by Crippen LogP contribution is 2.34. The quantitative estimate of drug-likeness (QED) is 0.278. The monoisotopic (exact) mass is 323 g/mol. The Balaban J connectivity index is 2.11. The van der Waals surface area contributed by atoms with E-state index >= 15 is 0 Å². The van der Waals surface area contributed by atoms with Crippen LogP contribution in [0.15, 0.2) is 0 Å². The van der Waals surface area contributed by atoms with Crippen molar-refractivity contribution >= 4 is 0 Å². The highest BCUT2D eigenvalue weighted by atomic mass is 16.7. The lowest BCUT2D eigenvalue weighted by Gasteiger charge is -2.47. The molecule has 9 nitrogen and oxygen atoms in total. The molecule has 0 spiro atoms. The van der Waals surface area contributed by atoms with Crippen molar-refractivity contribution < 1.29 is 40.1 Å². The second-order valence-corrected chi connectivity index (χ2v) is 6.13. The second kappa shape index (κ2) is 6.63. The average Bonchev–Trinajstić information content (AvgIpc) is 2.50. The van der Waals surface area contributed by atoms with Crippen molar-refractivity contribution in [3.63, 3.8) is 0 Å². The lowest BCUT2D eigenvalue weighted by molar-refractivity contribution is -0.320. The topological polar surface area (TPSA) is 166 Å². The number of ether oxygens (including phenoxy) is 2. The molecule has 1 saturated carbocycles. The van der Waals surface area contributed by atoms with Gasteiger partial charge in [0.25, 0.3) is 0 Å². The Morgan fingerprint density at radius 2 is 1.82 bits per heavy atom. The summed E-state index contributed by atoms with van der Waals surface area (Å²) in [4.78, 5) is 0. The fourth-order valence-electron chi connectivity index (χ4n) is 2.96. The molecule has 2 aliphatic rings. The Hall–Kier alpha value is -0.360. The van der Waals surface area contributed by atoms with Crippen LogP contribution in [-0.4, -0.2) is 91.8 Å². The molecule has 1 aliphatic carbocycles. The van der Waals surface area contributed by atoms with E-state index in [1.54, 1.807) is 6.92 Å². The van der Waals surface area contributed by atoms with Crippen LogP contribution in [0.2, 0.25) is 0 Å². The SMILES string of the molecule is C[C@H]1O[C@H](OC2CCC(O)C(O)C2(O)CO)[C@H](O)[C@@H](O)[C@@H]1N. The molecule has 1 aliphatic heterocycles. The van der Waals surface area contributed by atoms with Crippen LogP contribution in [0.3, 0.4) is 0 Å². The summed E-state index contributed by atoms with van der Waals surface area (Å²) in [6, 6.07) is -0.787. The van der Waals surface area contributed by atoms with Gasteiger partial charge in [-0.3, -0.25) is 0 Å². The maximum absolute atomic E-state index is 10.4. The molecular formula is C13H25NO8. The molecule has 0 aromatic heterocycles. The molecule has 2 rings (SSSR count). The van der Waals surface area contributed by atoms with Gasteiger partial charge in [-0.25, -0.2) is 0 Å². The molecule has 0 amide bonds. The van der Waals surface area contributed by atoms with E-state index < -0.39 is 61.2 Å². The minimum Gasteiger partial charge on any atom is -0.393 e. The lowest BCUT2D eigenvalue weighted by Crippen LogP contribution is -2.66. The van der Waals surface area contributed by atoms with Crippen LogP contribution in [0.1, 0.15) is 19.8 Å². The number of hydrogen-bond acceptors (Lipinski definition) is 9. The Kier molecular flexibility index (Phi) is 5.42. The first-order valence-electron chi connectivity index (χ1n) is 7.34. The van der Waals surface area contributed by atoms with Crippen LogP contribution < -0.4 is 5.73 Å². The third kappa shape index (κ3) is 3.01. The normalized spacial score (nSPS) is 53.5. The Labute approximate surface area is 127 Å². The molecule has 8 N–H and O–H groups in total. The van der Waals surface area contributed by atoms with Crippen LogP contribution in [0.25, 0.3) is 0 Å². The van der Waals surface area contributed by atoms with Gasteiger partial charge < -0.3 is 45.8 Å². The summed E-state index contributed by atoms with van der Waals surface area (Å²) in [7, 11) is 0. The highest BCUT2D eigenvalue weighted by Gasteiger charge is 2.53. The van der Waals surface area contributed by atoms with Gasteiger partial charge in [-0.1, -0.05) is 0 Å². The maximum atomic E-state index is 10.4. The van der Waals surface area contributed by atoms with Gasteiger partial charge in [0.05, 0.1) is 31.0 Å². The van der Waals surface area contributed by atoms with Crippen molar-refractivity contribution in [3.05, 3.63) is 0 Å². The summed E-state index contributed by atoms with van der Waals surface area (Å²) in [6.07, 6.45) is -8.14. The van der Waals surface area contributed by atoms with E-state index in [4.69, 9.17) is 15.2 Å². The first-order chi connectivity index (χ1) is 10.2. The Bertz CT molecular complexity index is 385. The van der Waals surface area contributed by atoms with Crippen LogP contribution in [0, 0.1) is 0 Å². The van der Waals surface area contributed by atoms with Crippen LogP contribution >= 0.6 is 0 Å². The molecule has 130 valence electrons. The summed E-state index contributed by atoms with van der Waals surface area (Å²) in [5.41, 5.74) is 3.59. The first-order valence-corrected chi connectivity index (χ1v) is 7.34. The van der Waals surface area contributed by atoms with Gasteiger partial charge in [-0.2, -0.15) is 0 Å². The zero-order valence-corrected chi connectivity index (χ0v) is 12.3. The van der Waals surface area contributed by atoms with Gasteiger partial charge in [0.15, 0.2) is 6.29 Å². The molecule has 2 fully saturated rings. The Morgan fingerprint density at radius 1 is 1.18 bits per heavy atom. The van der Waals surface area contributed by atoms with E-state index in [9.17, 15) is 30.6 Å². The van der Waals surface area contributed by atoms with E-state index in [-0.39, 0.29) is 12.8 Å². The summed E-state index contributed by atoms with van der Waals surface area (Å²) in [5, 5.41) is 59.1. The fourth-order valence-corrected chi connectivity index (χ4v) is 2.96. The molecule has 0 bridgehead atoms. The molecular weight excluding hydrogens is 298 g/mol. The van der Waals surface area contributed by atoms with Crippen molar-refractivity contribution in [1.29, 1.82) is 0 Å². The maximum Gasteiger partial charge on any atom is 0.186 e. The van der Waals surface area contributed by atoms with Crippen molar-refractivity contribution in [2.45, 2.75) is 74.3 Å². The number of aliphatic hydroxyl groups is 6. The average molecular weight is 323 g/mol. The summed E-state index contributed by atoms with van der Waals surface area (Å²) >= 11 is 0. The summed E-state index contributed by atoms with van der Waals surface area (Å²) in [6.45, 7) is 0.768. The predicted octanol–water partition coefficient (Wildman–Crippen LogP) is -3.60. The predicted molar refractivity (Wildman–Crippen MR) is 72.5 cm³/mol. The number of rotatable bonds is 3. The Morgan fingerprint density at radius 3 is 2.41 bits per heavy atom. The standard InChI is InChI=1S/C13H25NO8/c1-5-8(14)9(17)10(18)12(21-5)22-7-3-2-6(16)11(19)13(7,20)4-15/h5-12,15-20H,2-4,14H2,1H3/t5-,6?,7?,8-,9+,10-,11?,12-,13?/m1/s1. The van der Waals surface area contributed by atoms with Gasteiger partial charge in [-0.05, 0) is 19.8 Å². The van der Waals surface area contributed by atoms with Crippen molar-refractivity contribution in [2.75, 3.05) is 6.61 Å². The van der Waals surface area contributed by atoms with Gasteiger partial charge >= 0.3 is 0 Å². The second-order valence-electron chi connectivity index (χ2n) is 6.13. The van der Waals surface area contributed by atoms with Crippen molar-refractivity contribution in [3.8, 4) is 0 Å². The largest absolute Gasteiger partial charge is 0.393 e. The smallest absolute Gasteiger partial charge is 0.186 e. The minimum atomic E-state index is -2.09. The molecule has 1 saturated heterocycles. The molecule has 22 heavy (non-hydrogen) atoms. The summed E-state index contributed by atoms with van der Waals surface area (Å²) in [5.74, 6) is 0. The first kappa shape index (κ1) is 18.0. The van der Waals surface area contributed by atoms with Crippen LogP contribution in [0.4, 0.5) is 0 Å². The molecule has 9 atom stereocenters. The highest BCUT2D eigenvalue weighted by molar-refractivity contribution is 5.02. The molecule has 9 heteroatoms. The van der Waals surface area contributed by atoms with E-state index in [1.165, 1.54) is 0 Å². The zero-order valence-electron chi connectivity index (χ0n) is 12.3. The third-order valence-electron chi connectivity index (χ3n) is 4.62. The van der Waals surface area contributed by atoms with Crippen molar-refractivity contribution in [1.82, 2.24) is 0 Å². The number of nitrogens with two attached hydrogens (primary N) is 1. The van der Waals surface area contributed by atoms with E-state index in [0.29, 0.717) is 0 Å². The number of hydrogen-bond donors (Lipinski definition) is 7. The van der Waals surface area contributed by atoms with Gasteiger partial charge in [0.1, 0.15) is 23.9 Å². The summed E-state index contributed by atoms with van der Waals surface area (Å²) < 4.78 is 10.9. The lowest BCUT2D eigenvalue weighted by atomic mass is 9.78. The van der Waals surface area contributed by atoms with Gasteiger partial charge in [0.2, 0.25) is 0 Å². The van der Waals surface area contributed by atoms with Gasteiger partial charge in [0, 0.05) is 0 Å². The van der Waals surface area contributed by atoms with Crippen molar-refractivity contribution in [2.24, 2.45) is 5.73 Å². The number of aliphatic hydroxyl groups excluding tert-OH is 5. The molecule has 0 aromatic carbocycles. The van der Waals surface area contributed by atoms with Crippen LogP contribution in [-0.2, 0) is 9.47 Å². The van der Waals surface area contributed by atoms with E-state index in [2.05, 4.69) is 0 Å². The zero-order chi connectivity index (χ0) is 16.7.